The lowest BCUT2D eigenvalue weighted by Crippen LogP contribution is -2.32. The molecule has 6 heteroatoms. The highest BCUT2D eigenvalue weighted by Gasteiger charge is 2.15. The Morgan fingerprint density at radius 1 is 1.45 bits per heavy atom. The zero-order chi connectivity index (χ0) is 16.2. The van der Waals surface area contributed by atoms with Crippen molar-refractivity contribution in [3.63, 3.8) is 0 Å². The number of para-hydroxylation sites is 1. The fraction of sp³-hybridized carbons (Fsp3) is 0.375. The fourth-order valence-corrected chi connectivity index (χ4v) is 2.67. The summed E-state index contributed by atoms with van der Waals surface area (Å²) in [6.07, 6.45) is 4.32. The van der Waals surface area contributed by atoms with E-state index in [9.17, 15) is 4.79 Å². The molecule has 5 nitrogen and oxygen atoms in total. The number of nitrogen functional groups attached to an aromatic ring is 1. The number of alkyl carbamates (subject to hydrolysis) is 1. The molecule has 1 aromatic carbocycles. The van der Waals surface area contributed by atoms with Gasteiger partial charge in [0, 0.05) is 12.1 Å². The Labute approximate surface area is 134 Å². The Bertz CT molecular complexity index is 686. The van der Waals surface area contributed by atoms with Gasteiger partial charge in [0.15, 0.2) is 5.13 Å². The van der Waals surface area contributed by atoms with E-state index in [1.165, 1.54) is 11.3 Å². The molecule has 0 aliphatic carbocycles. The number of nitrogens with one attached hydrogen (secondary N) is 1. The van der Waals surface area contributed by atoms with Crippen molar-refractivity contribution in [2.75, 3.05) is 12.3 Å². The highest BCUT2D eigenvalue weighted by Crippen LogP contribution is 2.26. The summed E-state index contributed by atoms with van der Waals surface area (Å²) in [5, 5.41) is 3.29. The first-order valence-electron chi connectivity index (χ1n) is 7.13. The van der Waals surface area contributed by atoms with Crippen LogP contribution >= 0.6 is 11.3 Å². The molecule has 0 fully saturated rings. The smallest absolute Gasteiger partial charge is 0.407 e. The Kier molecular flexibility index (Phi) is 5.03. The topological polar surface area (TPSA) is 77.2 Å². The van der Waals surface area contributed by atoms with Crippen molar-refractivity contribution < 1.29 is 9.53 Å². The molecule has 0 radical (unpaired) electrons. The van der Waals surface area contributed by atoms with Gasteiger partial charge in [-0.15, -0.1) is 0 Å². The number of carbonyl (C=O) groups excluding carboxylic acids is 1. The molecule has 2 rings (SSSR count). The first-order valence-corrected chi connectivity index (χ1v) is 7.95. The first-order chi connectivity index (χ1) is 10.3. The number of amides is 1. The van der Waals surface area contributed by atoms with E-state index < -0.39 is 11.7 Å². The van der Waals surface area contributed by atoms with Crippen molar-refractivity contribution >= 4 is 38.9 Å². The van der Waals surface area contributed by atoms with E-state index in [0.717, 1.165) is 22.2 Å². The first kappa shape index (κ1) is 16.3. The number of hydrogen-bond donors (Lipinski definition) is 2. The summed E-state index contributed by atoms with van der Waals surface area (Å²) in [5.41, 5.74) is 7.22. The van der Waals surface area contributed by atoms with E-state index in [4.69, 9.17) is 10.5 Å². The van der Waals surface area contributed by atoms with Gasteiger partial charge in [0.2, 0.25) is 0 Å². The number of nitrogens with zero attached hydrogens (tertiary/aromatic N) is 1. The van der Waals surface area contributed by atoms with Gasteiger partial charge in [-0.25, -0.2) is 9.78 Å². The molecule has 22 heavy (non-hydrogen) atoms. The van der Waals surface area contributed by atoms with E-state index in [1.54, 1.807) is 0 Å². The van der Waals surface area contributed by atoms with Gasteiger partial charge in [-0.2, -0.15) is 0 Å². The van der Waals surface area contributed by atoms with Gasteiger partial charge in [0.1, 0.15) is 5.60 Å². The molecule has 0 spiro atoms. The summed E-state index contributed by atoms with van der Waals surface area (Å²) < 4.78 is 6.24. The lowest BCUT2D eigenvalue weighted by Gasteiger charge is -2.19. The summed E-state index contributed by atoms with van der Waals surface area (Å²) >= 11 is 1.48. The van der Waals surface area contributed by atoms with Gasteiger partial charge in [0.05, 0.1) is 10.2 Å². The number of hydrogen-bond acceptors (Lipinski definition) is 5. The SMILES string of the molecule is CC(C)(C)OC(=O)NCCC=Cc1cccc2sc(N)nc12. The summed E-state index contributed by atoms with van der Waals surface area (Å²) in [7, 11) is 0. The molecule has 0 aliphatic heterocycles. The third-order valence-electron chi connectivity index (χ3n) is 2.74. The van der Waals surface area contributed by atoms with Crippen LogP contribution in [0.4, 0.5) is 9.93 Å². The number of ether oxygens (including phenoxy) is 1. The minimum absolute atomic E-state index is 0.393. The van der Waals surface area contributed by atoms with Crippen LogP contribution in [0.15, 0.2) is 24.3 Å². The average Bonchev–Trinajstić information content (AvgIpc) is 2.77. The van der Waals surface area contributed by atoms with E-state index in [1.807, 2.05) is 51.1 Å². The number of thiazole rings is 1. The van der Waals surface area contributed by atoms with Gasteiger partial charge in [0.25, 0.3) is 0 Å². The van der Waals surface area contributed by atoms with Crippen molar-refractivity contribution in [3.8, 4) is 0 Å². The third-order valence-corrected chi connectivity index (χ3v) is 3.59. The van der Waals surface area contributed by atoms with Gasteiger partial charge in [-0.05, 0) is 33.3 Å². The minimum Gasteiger partial charge on any atom is -0.444 e. The van der Waals surface area contributed by atoms with Crippen molar-refractivity contribution in [1.29, 1.82) is 0 Å². The number of nitrogens with two attached hydrogens (primary N) is 1. The summed E-state index contributed by atoms with van der Waals surface area (Å²) in [5.74, 6) is 0. The van der Waals surface area contributed by atoms with Crippen LogP contribution in [-0.4, -0.2) is 23.2 Å². The normalized spacial score (nSPS) is 12.0. The molecule has 2 aromatic rings. The van der Waals surface area contributed by atoms with Crippen LogP contribution in [0, 0.1) is 0 Å². The highest BCUT2D eigenvalue weighted by atomic mass is 32.1. The Balaban J connectivity index is 1.86. The molecule has 3 N–H and O–H groups in total. The summed E-state index contributed by atoms with van der Waals surface area (Å²) in [6.45, 7) is 6.05. The van der Waals surface area contributed by atoms with Crippen molar-refractivity contribution in [1.82, 2.24) is 10.3 Å². The van der Waals surface area contributed by atoms with Crippen molar-refractivity contribution in [2.45, 2.75) is 32.8 Å². The molecular weight excluding hydrogens is 298 g/mol. The zero-order valence-electron chi connectivity index (χ0n) is 13.1. The average molecular weight is 319 g/mol. The molecule has 118 valence electrons. The number of fused-ring (bicyclic) bond motifs is 1. The second-order valence-corrected chi connectivity index (χ2v) is 6.93. The van der Waals surface area contributed by atoms with E-state index >= 15 is 0 Å². The fourth-order valence-electron chi connectivity index (χ4n) is 1.90. The van der Waals surface area contributed by atoms with E-state index in [0.29, 0.717) is 11.7 Å². The number of anilines is 1. The van der Waals surface area contributed by atoms with Crippen molar-refractivity contribution in [2.24, 2.45) is 0 Å². The van der Waals surface area contributed by atoms with Gasteiger partial charge < -0.3 is 15.8 Å². The van der Waals surface area contributed by atoms with E-state index in [2.05, 4.69) is 10.3 Å². The molecule has 0 saturated heterocycles. The molecular formula is C16H21N3O2S. The Morgan fingerprint density at radius 3 is 2.95 bits per heavy atom. The third kappa shape index (κ3) is 4.73. The minimum atomic E-state index is -0.472. The maximum atomic E-state index is 11.5. The Hall–Kier alpha value is -2.08. The number of rotatable bonds is 4. The molecule has 0 saturated carbocycles. The van der Waals surface area contributed by atoms with Gasteiger partial charge in [-0.3, -0.25) is 0 Å². The van der Waals surface area contributed by atoms with Gasteiger partial charge in [-0.1, -0.05) is 35.6 Å². The number of benzene rings is 1. The summed E-state index contributed by atoms with van der Waals surface area (Å²) in [6, 6.07) is 5.99. The quantitative estimate of drug-likeness (QED) is 0.840. The number of carbonyl (C=O) groups is 1. The zero-order valence-corrected chi connectivity index (χ0v) is 13.9. The molecule has 0 aliphatic rings. The van der Waals surface area contributed by atoms with Crippen LogP contribution in [0.25, 0.3) is 16.3 Å². The van der Waals surface area contributed by atoms with Crippen LogP contribution in [0.2, 0.25) is 0 Å². The van der Waals surface area contributed by atoms with Crippen molar-refractivity contribution in [3.05, 3.63) is 29.8 Å². The molecule has 0 atom stereocenters. The van der Waals surface area contributed by atoms with Gasteiger partial charge >= 0.3 is 6.09 Å². The predicted molar refractivity (Wildman–Crippen MR) is 91.9 cm³/mol. The number of aromatic nitrogens is 1. The monoisotopic (exact) mass is 319 g/mol. The maximum Gasteiger partial charge on any atom is 0.407 e. The molecule has 0 unspecified atom stereocenters. The largest absolute Gasteiger partial charge is 0.444 e. The van der Waals surface area contributed by atoms with Crippen LogP contribution < -0.4 is 11.1 Å². The van der Waals surface area contributed by atoms with Crippen LogP contribution in [-0.2, 0) is 4.74 Å². The predicted octanol–water partition coefficient (Wildman–Crippen LogP) is 3.81. The second kappa shape index (κ2) is 6.79. The highest BCUT2D eigenvalue weighted by molar-refractivity contribution is 7.22. The maximum absolute atomic E-state index is 11.5. The van der Waals surface area contributed by atoms with Crippen LogP contribution in [0.3, 0.4) is 0 Å². The lowest BCUT2D eigenvalue weighted by atomic mass is 10.1. The Morgan fingerprint density at radius 2 is 2.23 bits per heavy atom. The second-order valence-electron chi connectivity index (χ2n) is 5.87. The molecule has 1 heterocycles. The van der Waals surface area contributed by atoms with E-state index in [-0.39, 0.29) is 0 Å². The standard InChI is InChI=1S/C16H21N3O2S/c1-16(2,3)21-15(20)18-10-5-4-7-11-8-6-9-12-13(11)19-14(17)22-12/h4,6-9H,5,10H2,1-3H3,(H2,17,19)(H,18,20). The molecule has 1 aromatic heterocycles. The van der Waals surface area contributed by atoms with Crippen LogP contribution in [0.1, 0.15) is 32.8 Å². The molecule has 1 amide bonds. The summed E-state index contributed by atoms with van der Waals surface area (Å²) in [4.78, 5) is 15.8. The lowest BCUT2D eigenvalue weighted by molar-refractivity contribution is 0.0529. The molecule has 0 bridgehead atoms. The van der Waals surface area contributed by atoms with Crippen LogP contribution in [0.5, 0.6) is 0 Å².